The van der Waals surface area contributed by atoms with Crippen LogP contribution in [0, 0.1) is 6.92 Å². The summed E-state index contributed by atoms with van der Waals surface area (Å²) in [5.74, 6) is -0.276. The molecule has 2 aromatic heterocycles. The van der Waals surface area contributed by atoms with E-state index in [1.54, 1.807) is 25.4 Å². The van der Waals surface area contributed by atoms with Gasteiger partial charge in [0.1, 0.15) is 0 Å². The second-order valence-corrected chi connectivity index (χ2v) is 6.72. The quantitative estimate of drug-likeness (QED) is 0.728. The lowest BCUT2D eigenvalue weighted by atomic mass is 10.1. The zero-order chi connectivity index (χ0) is 19.6. The molecule has 0 atom stereocenters. The van der Waals surface area contributed by atoms with Gasteiger partial charge in [-0.3, -0.25) is 9.59 Å². The average Bonchev–Trinajstić information content (AvgIpc) is 3.05. The van der Waals surface area contributed by atoms with Crippen LogP contribution in [-0.2, 0) is 11.2 Å². The van der Waals surface area contributed by atoms with Gasteiger partial charge in [0.15, 0.2) is 5.65 Å². The molecule has 0 aliphatic rings. The Morgan fingerprint density at radius 2 is 1.89 bits per heavy atom. The summed E-state index contributed by atoms with van der Waals surface area (Å²) in [6.45, 7) is 5.90. The number of aryl methyl sites for hydroxylation is 1. The molecule has 1 aromatic carbocycles. The predicted octanol–water partition coefficient (Wildman–Crippen LogP) is 2.86. The van der Waals surface area contributed by atoms with E-state index >= 15 is 0 Å². The maximum Gasteiger partial charge on any atom is 0.257 e. The molecule has 2 amide bonds. The number of amides is 2. The van der Waals surface area contributed by atoms with Crippen molar-refractivity contribution < 1.29 is 9.59 Å². The summed E-state index contributed by atoms with van der Waals surface area (Å²) in [6.07, 6.45) is 2.04. The molecule has 0 spiro atoms. The Morgan fingerprint density at radius 1 is 1.19 bits per heavy atom. The molecule has 27 heavy (non-hydrogen) atoms. The van der Waals surface area contributed by atoms with Crippen LogP contribution >= 0.6 is 0 Å². The van der Waals surface area contributed by atoms with Crippen molar-refractivity contribution in [2.75, 3.05) is 12.4 Å². The van der Waals surface area contributed by atoms with Gasteiger partial charge in [-0.15, -0.1) is 0 Å². The number of hydrogen-bond donors (Lipinski definition) is 2. The van der Waals surface area contributed by atoms with Gasteiger partial charge < -0.3 is 10.6 Å². The van der Waals surface area contributed by atoms with Crippen LogP contribution in [-0.4, -0.2) is 33.6 Å². The lowest BCUT2D eigenvalue weighted by Crippen LogP contribution is -2.20. The van der Waals surface area contributed by atoms with E-state index in [1.807, 2.05) is 43.7 Å². The molecule has 2 N–H and O–H groups in total. The van der Waals surface area contributed by atoms with Gasteiger partial charge in [0.05, 0.1) is 23.9 Å². The van der Waals surface area contributed by atoms with Crippen molar-refractivity contribution in [2.45, 2.75) is 33.2 Å². The molecular formula is C20H23N5O2. The fourth-order valence-corrected chi connectivity index (χ4v) is 2.85. The minimum absolute atomic E-state index is 0.0521. The van der Waals surface area contributed by atoms with Gasteiger partial charge in [0.25, 0.3) is 5.91 Å². The van der Waals surface area contributed by atoms with Crippen molar-refractivity contribution in [2.24, 2.45) is 0 Å². The van der Waals surface area contributed by atoms with Gasteiger partial charge in [-0.1, -0.05) is 12.1 Å². The van der Waals surface area contributed by atoms with Crippen LogP contribution in [0.25, 0.3) is 11.0 Å². The second kappa shape index (κ2) is 7.57. The van der Waals surface area contributed by atoms with Gasteiger partial charge in [-0.05, 0) is 44.5 Å². The van der Waals surface area contributed by atoms with Crippen molar-refractivity contribution in [1.82, 2.24) is 20.1 Å². The molecule has 0 aliphatic heterocycles. The summed E-state index contributed by atoms with van der Waals surface area (Å²) < 4.78 is 1.84. The molecule has 0 unspecified atom stereocenters. The van der Waals surface area contributed by atoms with Crippen LogP contribution < -0.4 is 10.6 Å². The molecule has 0 saturated carbocycles. The van der Waals surface area contributed by atoms with E-state index in [4.69, 9.17) is 0 Å². The maximum absolute atomic E-state index is 12.7. The van der Waals surface area contributed by atoms with Crippen LogP contribution in [0.1, 0.15) is 41.5 Å². The Kier molecular flexibility index (Phi) is 5.21. The highest BCUT2D eigenvalue weighted by Crippen LogP contribution is 2.20. The zero-order valence-corrected chi connectivity index (χ0v) is 15.9. The largest absolute Gasteiger partial charge is 0.359 e. The number of rotatable bonds is 5. The average molecular weight is 365 g/mol. The smallest absolute Gasteiger partial charge is 0.257 e. The third kappa shape index (κ3) is 3.97. The SMILES string of the molecule is CNC(=O)Cc1ccc(NC(=O)c2cc3cnn(C(C)C)c3nc2C)cc1. The lowest BCUT2D eigenvalue weighted by molar-refractivity contribution is -0.119. The summed E-state index contributed by atoms with van der Waals surface area (Å²) in [4.78, 5) is 28.7. The summed E-state index contributed by atoms with van der Waals surface area (Å²) in [6, 6.07) is 9.24. The summed E-state index contributed by atoms with van der Waals surface area (Å²) in [7, 11) is 1.61. The molecule has 3 rings (SSSR count). The van der Waals surface area contributed by atoms with Crippen LogP contribution in [0.15, 0.2) is 36.5 Å². The Labute approximate surface area is 157 Å². The standard InChI is InChI=1S/C20H23N5O2/c1-12(2)25-19-15(11-22-25)10-17(13(3)23-19)20(27)24-16-7-5-14(6-8-16)9-18(26)21-4/h5-8,10-12H,9H2,1-4H3,(H,21,26)(H,24,27). The summed E-state index contributed by atoms with van der Waals surface area (Å²) in [5, 5.41) is 10.7. The fourth-order valence-electron chi connectivity index (χ4n) is 2.85. The molecule has 0 aliphatic carbocycles. The van der Waals surface area contributed by atoms with Crippen LogP contribution in [0.3, 0.4) is 0 Å². The number of benzene rings is 1. The lowest BCUT2D eigenvalue weighted by Gasteiger charge is -2.10. The van der Waals surface area contributed by atoms with Gasteiger partial charge >= 0.3 is 0 Å². The van der Waals surface area contributed by atoms with E-state index in [-0.39, 0.29) is 17.9 Å². The Hall–Kier alpha value is -3.22. The number of fused-ring (bicyclic) bond motifs is 1. The fraction of sp³-hybridized carbons (Fsp3) is 0.300. The first kappa shape index (κ1) is 18.6. The zero-order valence-electron chi connectivity index (χ0n) is 15.9. The predicted molar refractivity (Wildman–Crippen MR) is 105 cm³/mol. The molecule has 2 heterocycles. The van der Waals surface area contributed by atoms with Gasteiger partial charge in [-0.2, -0.15) is 5.10 Å². The summed E-state index contributed by atoms with van der Waals surface area (Å²) in [5.41, 5.74) is 3.49. The van der Waals surface area contributed by atoms with Gasteiger partial charge in [-0.25, -0.2) is 9.67 Å². The van der Waals surface area contributed by atoms with E-state index in [9.17, 15) is 9.59 Å². The van der Waals surface area contributed by atoms with Crippen LogP contribution in [0.5, 0.6) is 0 Å². The number of anilines is 1. The summed E-state index contributed by atoms with van der Waals surface area (Å²) >= 11 is 0. The van der Waals surface area contributed by atoms with Crippen molar-refractivity contribution >= 4 is 28.5 Å². The first-order valence-electron chi connectivity index (χ1n) is 8.84. The molecule has 7 nitrogen and oxygen atoms in total. The first-order valence-corrected chi connectivity index (χ1v) is 8.84. The van der Waals surface area contributed by atoms with Crippen molar-refractivity contribution in [3.8, 4) is 0 Å². The normalized spacial score (nSPS) is 11.0. The number of nitrogens with zero attached hydrogens (tertiary/aromatic N) is 3. The number of hydrogen-bond acceptors (Lipinski definition) is 4. The number of likely N-dealkylation sites (N-methyl/N-ethyl adjacent to an activating group) is 1. The van der Waals surface area contributed by atoms with Crippen molar-refractivity contribution in [3.05, 3.63) is 53.3 Å². The minimum Gasteiger partial charge on any atom is -0.359 e. The number of aromatic nitrogens is 3. The molecule has 0 radical (unpaired) electrons. The topological polar surface area (TPSA) is 88.9 Å². The van der Waals surface area contributed by atoms with Crippen LogP contribution in [0.2, 0.25) is 0 Å². The number of pyridine rings is 1. The maximum atomic E-state index is 12.7. The third-order valence-electron chi connectivity index (χ3n) is 4.35. The van der Waals surface area contributed by atoms with Gasteiger partial charge in [0.2, 0.25) is 5.91 Å². The molecule has 0 saturated heterocycles. The number of carbonyl (C=O) groups is 2. The highest BCUT2D eigenvalue weighted by molar-refractivity contribution is 6.06. The second-order valence-electron chi connectivity index (χ2n) is 6.72. The monoisotopic (exact) mass is 365 g/mol. The first-order chi connectivity index (χ1) is 12.9. The highest BCUT2D eigenvalue weighted by atomic mass is 16.2. The molecule has 140 valence electrons. The minimum atomic E-state index is -0.224. The Bertz CT molecular complexity index is 990. The Morgan fingerprint density at radius 3 is 2.52 bits per heavy atom. The third-order valence-corrected chi connectivity index (χ3v) is 4.35. The van der Waals surface area contributed by atoms with Crippen molar-refractivity contribution in [3.63, 3.8) is 0 Å². The van der Waals surface area contributed by atoms with E-state index < -0.39 is 0 Å². The Balaban J connectivity index is 1.80. The van der Waals surface area contributed by atoms with E-state index in [2.05, 4.69) is 20.7 Å². The molecular weight excluding hydrogens is 342 g/mol. The molecule has 3 aromatic rings. The van der Waals surface area contributed by atoms with Crippen LogP contribution in [0.4, 0.5) is 5.69 Å². The van der Waals surface area contributed by atoms with E-state index in [0.29, 0.717) is 23.4 Å². The van der Waals surface area contributed by atoms with Gasteiger partial charge in [0, 0.05) is 24.2 Å². The highest BCUT2D eigenvalue weighted by Gasteiger charge is 2.15. The molecule has 0 bridgehead atoms. The van der Waals surface area contributed by atoms with Crippen molar-refractivity contribution in [1.29, 1.82) is 0 Å². The number of nitrogens with one attached hydrogen (secondary N) is 2. The van der Waals surface area contributed by atoms with E-state index in [0.717, 1.165) is 16.6 Å². The number of carbonyl (C=O) groups excluding carboxylic acids is 2. The molecule has 7 heteroatoms. The molecule has 0 fully saturated rings. The van der Waals surface area contributed by atoms with E-state index in [1.165, 1.54) is 0 Å².